The van der Waals surface area contributed by atoms with Gasteiger partial charge in [0.2, 0.25) is 0 Å². The molecule has 0 aliphatic carbocycles. The third-order valence-corrected chi connectivity index (χ3v) is 2.68. The van der Waals surface area contributed by atoms with E-state index in [0.29, 0.717) is 0 Å². The Balaban J connectivity index is 2.51. The van der Waals surface area contributed by atoms with Gasteiger partial charge in [0.1, 0.15) is 5.75 Å². The maximum absolute atomic E-state index is 5.36. The molecule has 0 unspecified atom stereocenters. The third-order valence-electron chi connectivity index (χ3n) is 2.68. The first-order valence-corrected chi connectivity index (χ1v) is 4.88. The molecule has 0 aromatic heterocycles. The minimum absolute atomic E-state index is 0.231. The van der Waals surface area contributed by atoms with Crippen LogP contribution < -0.4 is 10.1 Å². The van der Waals surface area contributed by atoms with Gasteiger partial charge in [-0.05, 0) is 18.1 Å². The highest BCUT2D eigenvalue weighted by molar-refractivity contribution is 5.45. The van der Waals surface area contributed by atoms with Crippen LogP contribution in [0.3, 0.4) is 0 Å². The fraction of sp³-hybridized carbons (Fsp3) is 0.333. The molecule has 74 valence electrons. The molecule has 1 N–H and O–H groups in total. The Labute approximate surface area is 84.6 Å². The van der Waals surface area contributed by atoms with Crippen molar-refractivity contribution in [2.24, 2.45) is 0 Å². The Morgan fingerprint density at radius 1 is 1.57 bits per heavy atom. The summed E-state index contributed by atoms with van der Waals surface area (Å²) in [6.07, 6.45) is 3.00. The Hall–Kier alpha value is -1.28. The van der Waals surface area contributed by atoms with Crippen molar-refractivity contribution in [3.05, 3.63) is 42.0 Å². The van der Waals surface area contributed by atoms with E-state index in [0.717, 1.165) is 18.7 Å². The van der Waals surface area contributed by atoms with Crippen molar-refractivity contribution in [3.63, 3.8) is 0 Å². The molecule has 1 heterocycles. The first-order valence-electron chi connectivity index (χ1n) is 4.88. The Kier molecular flexibility index (Phi) is 2.55. The van der Waals surface area contributed by atoms with Crippen molar-refractivity contribution in [1.82, 2.24) is 5.32 Å². The van der Waals surface area contributed by atoms with Gasteiger partial charge >= 0.3 is 0 Å². The standard InChI is InChI=1S/C12H15NO/c1-3-10-12-9(7-8-13-10)5-4-6-11(12)14-2/h3-6,10,13H,1,7-8H2,2H3/t10-/m1/s1. The van der Waals surface area contributed by atoms with E-state index < -0.39 is 0 Å². The largest absolute Gasteiger partial charge is 0.496 e. The number of methoxy groups -OCH3 is 1. The smallest absolute Gasteiger partial charge is 0.124 e. The molecular formula is C12H15NO. The normalized spacial score (nSPS) is 19.9. The van der Waals surface area contributed by atoms with E-state index >= 15 is 0 Å². The van der Waals surface area contributed by atoms with Crippen molar-refractivity contribution < 1.29 is 4.74 Å². The average molecular weight is 189 g/mol. The van der Waals surface area contributed by atoms with Crippen LogP contribution in [-0.2, 0) is 6.42 Å². The van der Waals surface area contributed by atoms with Gasteiger partial charge in [-0.15, -0.1) is 6.58 Å². The number of hydrogen-bond acceptors (Lipinski definition) is 2. The lowest BCUT2D eigenvalue weighted by Crippen LogP contribution is -2.28. The fourth-order valence-electron chi connectivity index (χ4n) is 2.00. The van der Waals surface area contributed by atoms with E-state index in [1.807, 2.05) is 18.2 Å². The SMILES string of the molecule is C=C[C@H]1NCCc2cccc(OC)c21. The molecule has 1 atom stereocenters. The molecule has 1 aliphatic heterocycles. The van der Waals surface area contributed by atoms with E-state index in [2.05, 4.69) is 18.0 Å². The Morgan fingerprint density at radius 3 is 3.14 bits per heavy atom. The van der Waals surface area contributed by atoms with Gasteiger partial charge in [-0.2, -0.15) is 0 Å². The van der Waals surface area contributed by atoms with Crippen LogP contribution in [0.5, 0.6) is 5.75 Å². The minimum Gasteiger partial charge on any atom is -0.496 e. The fourth-order valence-corrected chi connectivity index (χ4v) is 2.00. The summed E-state index contributed by atoms with van der Waals surface area (Å²) in [6, 6.07) is 6.44. The molecule has 1 aliphatic rings. The second kappa shape index (κ2) is 3.84. The summed E-state index contributed by atoms with van der Waals surface area (Å²) in [5.41, 5.74) is 2.62. The highest BCUT2D eigenvalue weighted by Gasteiger charge is 2.20. The molecule has 0 bridgehead atoms. The Morgan fingerprint density at radius 2 is 2.43 bits per heavy atom. The van der Waals surface area contributed by atoms with Crippen molar-refractivity contribution in [3.8, 4) is 5.75 Å². The molecule has 1 aromatic rings. The lowest BCUT2D eigenvalue weighted by atomic mass is 9.93. The van der Waals surface area contributed by atoms with Gasteiger partial charge in [-0.25, -0.2) is 0 Å². The van der Waals surface area contributed by atoms with Gasteiger partial charge in [0.15, 0.2) is 0 Å². The van der Waals surface area contributed by atoms with E-state index in [4.69, 9.17) is 4.74 Å². The summed E-state index contributed by atoms with van der Waals surface area (Å²) in [7, 11) is 1.71. The summed E-state index contributed by atoms with van der Waals surface area (Å²) < 4.78 is 5.36. The predicted molar refractivity (Wildman–Crippen MR) is 57.6 cm³/mol. The van der Waals surface area contributed by atoms with Crippen LogP contribution in [0.4, 0.5) is 0 Å². The van der Waals surface area contributed by atoms with Gasteiger partial charge < -0.3 is 10.1 Å². The molecule has 0 saturated carbocycles. The molecule has 0 radical (unpaired) electrons. The summed E-state index contributed by atoms with van der Waals surface area (Å²) in [5, 5.41) is 3.40. The summed E-state index contributed by atoms with van der Waals surface area (Å²) in [5.74, 6) is 0.958. The van der Waals surface area contributed by atoms with Crippen LogP contribution >= 0.6 is 0 Å². The molecule has 2 heteroatoms. The summed E-state index contributed by atoms with van der Waals surface area (Å²) in [4.78, 5) is 0. The number of hydrogen-bond donors (Lipinski definition) is 1. The number of nitrogens with one attached hydrogen (secondary N) is 1. The third kappa shape index (κ3) is 1.42. The highest BCUT2D eigenvalue weighted by atomic mass is 16.5. The Bertz CT molecular complexity index is 332. The van der Waals surface area contributed by atoms with Crippen molar-refractivity contribution in [2.45, 2.75) is 12.5 Å². The molecule has 14 heavy (non-hydrogen) atoms. The van der Waals surface area contributed by atoms with Crippen LogP contribution in [0.25, 0.3) is 0 Å². The number of ether oxygens (including phenoxy) is 1. The molecule has 2 rings (SSSR count). The number of fused-ring (bicyclic) bond motifs is 1. The zero-order valence-corrected chi connectivity index (χ0v) is 8.42. The first-order chi connectivity index (χ1) is 6.86. The maximum atomic E-state index is 5.36. The zero-order chi connectivity index (χ0) is 9.97. The molecule has 0 amide bonds. The van der Waals surface area contributed by atoms with E-state index in [9.17, 15) is 0 Å². The first kappa shape index (κ1) is 9.28. The highest BCUT2D eigenvalue weighted by Crippen LogP contribution is 2.31. The van der Waals surface area contributed by atoms with E-state index in [1.165, 1.54) is 11.1 Å². The van der Waals surface area contributed by atoms with Crippen LogP contribution in [0, 0.1) is 0 Å². The zero-order valence-electron chi connectivity index (χ0n) is 8.42. The van der Waals surface area contributed by atoms with Crippen LogP contribution in [0.15, 0.2) is 30.9 Å². The topological polar surface area (TPSA) is 21.3 Å². The molecule has 0 spiro atoms. The minimum atomic E-state index is 0.231. The second-order valence-corrected chi connectivity index (χ2v) is 3.45. The number of benzene rings is 1. The van der Waals surface area contributed by atoms with Crippen LogP contribution in [0.2, 0.25) is 0 Å². The van der Waals surface area contributed by atoms with E-state index in [-0.39, 0.29) is 6.04 Å². The predicted octanol–water partition coefficient (Wildman–Crippen LogP) is 2.07. The molecule has 1 aromatic carbocycles. The van der Waals surface area contributed by atoms with Gasteiger partial charge in [0.05, 0.1) is 13.2 Å². The summed E-state index contributed by atoms with van der Waals surface area (Å²) in [6.45, 7) is 4.85. The van der Waals surface area contributed by atoms with Gasteiger partial charge in [0.25, 0.3) is 0 Å². The lowest BCUT2D eigenvalue weighted by molar-refractivity contribution is 0.400. The van der Waals surface area contributed by atoms with Gasteiger partial charge in [0, 0.05) is 12.1 Å². The lowest BCUT2D eigenvalue weighted by Gasteiger charge is -2.26. The van der Waals surface area contributed by atoms with E-state index in [1.54, 1.807) is 7.11 Å². The van der Waals surface area contributed by atoms with Crippen molar-refractivity contribution in [2.75, 3.05) is 13.7 Å². The molecule has 2 nitrogen and oxygen atoms in total. The van der Waals surface area contributed by atoms with Crippen molar-refractivity contribution in [1.29, 1.82) is 0 Å². The second-order valence-electron chi connectivity index (χ2n) is 3.45. The van der Waals surface area contributed by atoms with Crippen LogP contribution in [0.1, 0.15) is 17.2 Å². The van der Waals surface area contributed by atoms with Crippen molar-refractivity contribution >= 4 is 0 Å². The average Bonchev–Trinajstić information content (AvgIpc) is 2.27. The molecule has 0 fully saturated rings. The maximum Gasteiger partial charge on any atom is 0.124 e. The number of rotatable bonds is 2. The quantitative estimate of drug-likeness (QED) is 0.719. The molecule has 0 saturated heterocycles. The van der Waals surface area contributed by atoms with Gasteiger partial charge in [-0.1, -0.05) is 18.2 Å². The van der Waals surface area contributed by atoms with Gasteiger partial charge in [-0.3, -0.25) is 0 Å². The summed E-state index contributed by atoms with van der Waals surface area (Å²) >= 11 is 0. The monoisotopic (exact) mass is 189 g/mol. The molecular weight excluding hydrogens is 174 g/mol. The van der Waals surface area contributed by atoms with Crippen LogP contribution in [-0.4, -0.2) is 13.7 Å².